The van der Waals surface area contributed by atoms with Crippen LogP contribution in [-0.2, 0) is 0 Å². The van der Waals surface area contributed by atoms with Crippen LogP contribution < -0.4 is 16.0 Å². The van der Waals surface area contributed by atoms with Gasteiger partial charge in [-0.3, -0.25) is 0 Å². The summed E-state index contributed by atoms with van der Waals surface area (Å²) in [5.74, 6) is 2.34. The number of likely N-dealkylation sites (N-methyl/N-ethyl adjacent to an activating group) is 1. The summed E-state index contributed by atoms with van der Waals surface area (Å²) in [4.78, 5) is 8.31. The predicted octanol–water partition coefficient (Wildman–Crippen LogP) is 1.18. The third-order valence-electron chi connectivity index (χ3n) is 2.04. The van der Waals surface area contributed by atoms with E-state index in [9.17, 15) is 0 Å². The van der Waals surface area contributed by atoms with E-state index in [0.29, 0.717) is 5.92 Å². The Kier molecular flexibility index (Phi) is 5.56. The van der Waals surface area contributed by atoms with Crippen LogP contribution in [0.5, 0.6) is 0 Å². The number of nitrogens with zero attached hydrogens (tertiary/aromatic N) is 2. The van der Waals surface area contributed by atoms with Gasteiger partial charge in [-0.1, -0.05) is 13.8 Å². The van der Waals surface area contributed by atoms with Crippen LogP contribution in [0.3, 0.4) is 0 Å². The lowest BCUT2D eigenvalue weighted by atomic mass is 10.2. The zero-order chi connectivity index (χ0) is 11.8. The average Bonchev–Trinajstić information content (AvgIpc) is 2.27. The first kappa shape index (κ1) is 12.7. The number of nitrogens with one attached hydrogen (secondary N) is 3. The van der Waals surface area contributed by atoms with Gasteiger partial charge in [0.15, 0.2) is 0 Å². The summed E-state index contributed by atoms with van der Waals surface area (Å²) < 4.78 is 0. The highest BCUT2D eigenvalue weighted by atomic mass is 15.1. The predicted molar refractivity (Wildman–Crippen MR) is 67.8 cm³/mol. The second-order valence-electron chi connectivity index (χ2n) is 4.09. The lowest BCUT2D eigenvalue weighted by Gasteiger charge is -2.09. The molecule has 5 heteroatoms. The number of anilines is 2. The summed E-state index contributed by atoms with van der Waals surface area (Å²) in [6, 6.07) is 1.93. The van der Waals surface area contributed by atoms with Gasteiger partial charge in [-0.25, -0.2) is 9.97 Å². The van der Waals surface area contributed by atoms with Crippen LogP contribution >= 0.6 is 0 Å². The van der Waals surface area contributed by atoms with Crippen LogP contribution in [0, 0.1) is 5.92 Å². The zero-order valence-electron chi connectivity index (χ0n) is 10.2. The molecule has 1 aromatic rings. The summed E-state index contributed by atoms with van der Waals surface area (Å²) in [6.45, 7) is 7.03. The van der Waals surface area contributed by atoms with Crippen molar-refractivity contribution in [1.82, 2.24) is 15.3 Å². The Hall–Kier alpha value is -1.36. The lowest BCUT2D eigenvalue weighted by Crippen LogP contribution is -2.18. The summed E-state index contributed by atoms with van der Waals surface area (Å²) in [7, 11) is 1.93. The Balaban J connectivity index is 2.43. The summed E-state index contributed by atoms with van der Waals surface area (Å²) in [5.41, 5.74) is 0. The Bertz CT molecular complexity index is 300. The van der Waals surface area contributed by atoms with Gasteiger partial charge in [-0.2, -0.15) is 0 Å². The molecule has 0 aliphatic carbocycles. The molecule has 0 aromatic carbocycles. The fraction of sp³-hybridized carbons (Fsp3) is 0.636. The molecule has 0 saturated carbocycles. The second-order valence-corrected chi connectivity index (χ2v) is 4.09. The standard InChI is InChI=1S/C11H21N5/c1-9(2)7-14-11-6-10(15-8-16-11)13-5-4-12-3/h6,8-9,12H,4-5,7H2,1-3H3,(H2,13,14,15,16). The van der Waals surface area contributed by atoms with Gasteiger partial charge >= 0.3 is 0 Å². The first-order valence-electron chi connectivity index (χ1n) is 5.66. The van der Waals surface area contributed by atoms with Crippen molar-refractivity contribution in [1.29, 1.82) is 0 Å². The van der Waals surface area contributed by atoms with E-state index in [1.54, 1.807) is 6.33 Å². The largest absolute Gasteiger partial charge is 0.370 e. The molecule has 0 fully saturated rings. The van der Waals surface area contributed by atoms with Crippen LogP contribution in [0.25, 0.3) is 0 Å². The number of aromatic nitrogens is 2. The molecule has 0 aliphatic rings. The topological polar surface area (TPSA) is 61.9 Å². The van der Waals surface area contributed by atoms with Gasteiger partial charge < -0.3 is 16.0 Å². The van der Waals surface area contributed by atoms with Gasteiger partial charge in [0.2, 0.25) is 0 Å². The smallest absolute Gasteiger partial charge is 0.131 e. The molecule has 1 rings (SSSR count). The lowest BCUT2D eigenvalue weighted by molar-refractivity contribution is 0.687. The molecule has 3 N–H and O–H groups in total. The molecule has 5 nitrogen and oxygen atoms in total. The quantitative estimate of drug-likeness (QED) is 0.606. The molecule has 0 spiro atoms. The summed E-state index contributed by atoms with van der Waals surface area (Å²) in [5, 5.41) is 9.56. The maximum absolute atomic E-state index is 4.16. The first-order valence-corrected chi connectivity index (χ1v) is 5.66. The molecule has 0 unspecified atom stereocenters. The van der Waals surface area contributed by atoms with Crippen LogP contribution in [0.2, 0.25) is 0 Å². The Labute approximate surface area is 97.1 Å². The summed E-state index contributed by atoms with van der Waals surface area (Å²) in [6.07, 6.45) is 1.57. The van der Waals surface area contributed by atoms with E-state index in [4.69, 9.17) is 0 Å². The van der Waals surface area contributed by atoms with Gasteiger partial charge in [0.25, 0.3) is 0 Å². The molecule has 0 aliphatic heterocycles. The van der Waals surface area contributed by atoms with Gasteiger partial charge in [-0.15, -0.1) is 0 Å². The highest BCUT2D eigenvalue weighted by Gasteiger charge is 1.98. The minimum atomic E-state index is 0.607. The molecule has 0 saturated heterocycles. The zero-order valence-corrected chi connectivity index (χ0v) is 10.2. The van der Waals surface area contributed by atoms with Crippen LogP contribution in [0.15, 0.2) is 12.4 Å². The Morgan fingerprint density at radius 3 is 2.44 bits per heavy atom. The Morgan fingerprint density at radius 2 is 1.81 bits per heavy atom. The van der Waals surface area contributed by atoms with E-state index in [1.165, 1.54) is 0 Å². The van der Waals surface area contributed by atoms with Crippen molar-refractivity contribution in [3.63, 3.8) is 0 Å². The molecule has 0 atom stereocenters. The van der Waals surface area contributed by atoms with Gasteiger partial charge in [-0.05, 0) is 13.0 Å². The Morgan fingerprint density at radius 1 is 1.12 bits per heavy atom. The molecule has 1 heterocycles. The normalized spacial score (nSPS) is 10.5. The first-order chi connectivity index (χ1) is 7.72. The molecule has 0 amide bonds. The SMILES string of the molecule is CNCCNc1cc(NCC(C)C)ncn1. The monoisotopic (exact) mass is 223 g/mol. The molecule has 0 bridgehead atoms. The molecule has 1 aromatic heterocycles. The van der Waals surface area contributed by atoms with Crippen molar-refractivity contribution >= 4 is 11.6 Å². The maximum Gasteiger partial charge on any atom is 0.131 e. The van der Waals surface area contributed by atoms with Gasteiger partial charge in [0.1, 0.15) is 18.0 Å². The molecular weight excluding hydrogens is 202 g/mol. The van der Waals surface area contributed by atoms with E-state index in [1.807, 2.05) is 13.1 Å². The van der Waals surface area contributed by atoms with E-state index < -0.39 is 0 Å². The minimum absolute atomic E-state index is 0.607. The van der Waals surface area contributed by atoms with Crippen molar-refractivity contribution in [2.45, 2.75) is 13.8 Å². The summed E-state index contributed by atoms with van der Waals surface area (Å²) >= 11 is 0. The molecule has 0 radical (unpaired) electrons. The molecular formula is C11H21N5. The number of rotatable bonds is 7. The third-order valence-corrected chi connectivity index (χ3v) is 2.04. The average molecular weight is 223 g/mol. The van der Waals surface area contributed by atoms with Gasteiger partial charge in [0, 0.05) is 25.7 Å². The number of hydrogen-bond donors (Lipinski definition) is 3. The molecule has 90 valence electrons. The van der Waals surface area contributed by atoms with Crippen LogP contribution in [0.1, 0.15) is 13.8 Å². The maximum atomic E-state index is 4.16. The van der Waals surface area contributed by atoms with E-state index in [2.05, 4.69) is 39.8 Å². The van der Waals surface area contributed by atoms with Crippen molar-refractivity contribution in [2.24, 2.45) is 5.92 Å². The highest BCUT2D eigenvalue weighted by Crippen LogP contribution is 2.08. The molecule has 16 heavy (non-hydrogen) atoms. The van der Waals surface area contributed by atoms with E-state index in [-0.39, 0.29) is 0 Å². The van der Waals surface area contributed by atoms with Gasteiger partial charge in [0.05, 0.1) is 0 Å². The van der Waals surface area contributed by atoms with E-state index >= 15 is 0 Å². The second kappa shape index (κ2) is 7.00. The van der Waals surface area contributed by atoms with E-state index in [0.717, 1.165) is 31.3 Å². The fourth-order valence-electron chi connectivity index (χ4n) is 1.17. The number of hydrogen-bond acceptors (Lipinski definition) is 5. The van der Waals surface area contributed by atoms with Crippen molar-refractivity contribution in [3.05, 3.63) is 12.4 Å². The third kappa shape index (κ3) is 4.93. The fourth-order valence-corrected chi connectivity index (χ4v) is 1.17. The van der Waals surface area contributed by atoms with Crippen molar-refractivity contribution in [3.8, 4) is 0 Å². The highest BCUT2D eigenvalue weighted by molar-refractivity contribution is 5.46. The minimum Gasteiger partial charge on any atom is -0.370 e. The van der Waals surface area contributed by atoms with Crippen molar-refractivity contribution in [2.75, 3.05) is 37.3 Å². The van der Waals surface area contributed by atoms with Crippen LogP contribution in [0.4, 0.5) is 11.6 Å². The van der Waals surface area contributed by atoms with Crippen LogP contribution in [-0.4, -0.2) is 36.6 Å². The van der Waals surface area contributed by atoms with Crippen molar-refractivity contribution < 1.29 is 0 Å².